The lowest BCUT2D eigenvalue weighted by Crippen LogP contribution is -2.40. The maximum absolute atomic E-state index is 12.2. The van der Waals surface area contributed by atoms with Crippen LogP contribution >= 0.6 is 0 Å². The number of hydrogen-bond donors (Lipinski definition) is 1. The lowest BCUT2D eigenvalue weighted by Gasteiger charge is -2.24. The van der Waals surface area contributed by atoms with Gasteiger partial charge in [-0.1, -0.05) is 12.1 Å². The highest BCUT2D eigenvalue weighted by Crippen LogP contribution is 2.24. The maximum atomic E-state index is 12.2. The van der Waals surface area contributed by atoms with E-state index in [-0.39, 0.29) is 6.54 Å². The summed E-state index contributed by atoms with van der Waals surface area (Å²) in [6, 6.07) is 5.40. The first kappa shape index (κ1) is 19.4. The molecule has 2 rings (SSSR count). The average Bonchev–Trinajstić information content (AvgIpc) is 2.54. The van der Waals surface area contributed by atoms with Gasteiger partial charge in [0.2, 0.25) is 10.0 Å². The molecule has 8 heteroatoms. The van der Waals surface area contributed by atoms with Gasteiger partial charge in [-0.05, 0) is 38.1 Å². The first-order chi connectivity index (χ1) is 11.7. The van der Waals surface area contributed by atoms with Crippen LogP contribution < -0.4 is 9.73 Å². The topological polar surface area (TPSA) is 82.1 Å². The third kappa shape index (κ3) is 5.27. The van der Waals surface area contributed by atoms with Crippen LogP contribution in [-0.2, 0) is 14.8 Å². The first-order valence-corrected chi connectivity index (χ1v) is 10.1. The molecule has 0 radical (unpaired) electrons. The lowest BCUT2D eigenvalue weighted by molar-refractivity contribution is -0.119. The van der Waals surface area contributed by atoms with Gasteiger partial charge in [-0.2, -0.15) is 5.10 Å². The number of piperidine rings is 1. The molecule has 0 aliphatic carbocycles. The van der Waals surface area contributed by atoms with Gasteiger partial charge in [0, 0.05) is 31.6 Å². The summed E-state index contributed by atoms with van der Waals surface area (Å²) in [6.45, 7) is 5.28. The van der Waals surface area contributed by atoms with Crippen LogP contribution in [0.3, 0.4) is 0 Å². The number of carbonyl (C=O) groups excluding carboxylic acids is 1. The molecule has 1 fully saturated rings. The zero-order valence-corrected chi connectivity index (χ0v) is 16.1. The minimum Gasteiger partial charge on any atom is -0.306 e. The molecule has 0 saturated carbocycles. The number of nitrogens with one attached hydrogen (secondary N) is 1. The van der Waals surface area contributed by atoms with Crippen LogP contribution in [0.15, 0.2) is 23.3 Å². The fraction of sp³-hybridized carbons (Fsp3) is 0.529. The summed E-state index contributed by atoms with van der Waals surface area (Å²) in [5.41, 5.74) is 5.76. The second-order valence-electron chi connectivity index (χ2n) is 6.50. The molecule has 1 N–H and O–H groups in total. The Balaban J connectivity index is 2.11. The molecule has 0 unspecified atom stereocenters. The van der Waals surface area contributed by atoms with Crippen molar-refractivity contribution in [2.45, 2.75) is 26.7 Å². The Bertz CT molecular complexity index is 764. The Morgan fingerprint density at radius 3 is 2.52 bits per heavy atom. The summed E-state index contributed by atoms with van der Waals surface area (Å²) >= 11 is 0. The number of hydrazone groups is 1. The van der Waals surface area contributed by atoms with Crippen molar-refractivity contribution in [3.05, 3.63) is 29.3 Å². The van der Waals surface area contributed by atoms with E-state index in [1.807, 2.05) is 27.0 Å². The maximum Gasteiger partial charge on any atom is 0.260 e. The molecule has 1 saturated heterocycles. The van der Waals surface area contributed by atoms with Crippen molar-refractivity contribution in [2.75, 3.05) is 37.2 Å². The van der Waals surface area contributed by atoms with Crippen molar-refractivity contribution in [1.29, 1.82) is 0 Å². The zero-order valence-electron chi connectivity index (χ0n) is 15.2. The van der Waals surface area contributed by atoms with Gasteiger partial charge in [0.15, 0.2) is 0 Å². The minimum absolute atomic E-state index is 0.292. The molecule has 0 bridgehead atoms. The number of hydrogen-bond acceptors (Lipinski definition) is 5. The van der Waals surface area contributed by atoms with Crippen molar-refractivity contribution >= 4 is 27.3 Å². The van der Waals surface area contributed by atoms with Gasteiger partial charge < -0.3 is 4.90 Å². The van der Waals surface area contributed by atoms with E-state index in [1.165, 1.54) is 0 Å². The van der Waals surface area contributed by atoms with Gasteiger partial charge in [-0.15, -0.1) is 0 Å². The second-order valence-corrected chi connectivity index (χ2v) is 8.41. The second kappa shape index (κ2) is 7.97. The molecule has 1 heterocycles. The highest BCUT2D eigenvalue weighted by molar-refractivity contribution is 7.92. The number of sulfonamides is 1. The summed E-state index contributed by atoms with van der Waals surface area (Å²) in [5, 5.41) is 4.16. The third-order valence-electron chi connectivity index (χ3n) is 4.44. The van der Waals surface area contributed by atoms with Crippen molar-refractivity contribution in [3.8, 4) is 0 Å². The largest absolute Gasteiger partial charge is 0.306 e. The molecular weight excluding hydrogens is 340 g/mol. The number of likely N-dealkylation sites (tertiary alicyclic amines) is 1. The molecular formula is C17H26N4O3S. The van der Waals surface area contributed by atoms with E-state index >= 15 is 0 Å². The number of anilines is 1. The third-order valence-corrected chi connectivity index (χ3v) is 5.56. The molecule has 1 aliphatic heterocycles. The summed E-state index contributed by atoms with van der Waals surface area (Å²) in [5.74, 6) is -0.447. The van der Waals surface area contributed by atoms with E-state index in [9.17, 15) is 13.2 Å². The van der Waals surface area contributed by atoms with Crippen LogP contribution in [0.5, 0.6) is 0 Å². The minimum atomic E-state index is -3.59. The van der Waals surface area contributed by atoms with Crippen molar-refractivity contribution in [2.24, 2.45) is 5.10 Å². The van der Waals surface area contributed by atoms with Crippen LogP contribution in [0.1, 0.15) is 24.0 Å². The van der Waals surface area contributed by atoms with E-state index in [0.29, 0.717) is 5.69 Å². The zero-order chi connectivity index (χ0) is 18.6. The number of aryl methyl sites for hydroxylation is 1. The number of carbonyl (C=O) groups is 1. The molecule has 138 valence electrons. The fourth-order valence-corrected chi connectivity index (χ4v) is 3.59. The Morgan fingerprint density at radius 2 is 1.92 bits per heavy atom. The molecule has 25 heavy (non-hydrogen) atoms. The van der Waals surface area contributed by atoms with Crippen LogP contribution in [-0.4, -0.2) is 57.9 Å². The van der Waals surface area contributed by atoms with Crippen LogP contribution in [0.4, 0.5) is 5.69 Å². The molecule has 7 nitrogen and oxygen atoms in total. The molecule has 0 aromatic heterocycles. The number of amides is 1. The van der Waals surface area contributed by atoms with E-state index in [4.69, 9.17) is 0 Å². The van der Waals surface area contributed by atoms with Crippen molar-refractivity contribution in [1.82, 2.24) is 10.3 Å². The Labute approximate surface area is 149 Å². The van der Waals surface area contributed by atoms with E-state index in [1.54, 1.807) is 12.1 Å². The van der Waals surface area contributed by atoms with Gasteiger partial charge in [0.05, 0.1) is 11.9 Å². The van der Waals surface area contributed by atoms with Crippen LogP contribution in [0.2, 0.25) is 0 Å². The first-order valence-electron chi connectivity index (χ1n) is 8.25. The van der Waals surface area contributed by atoms with Gasteiger partial charge in [-0.3, -0.25) is 9.10 Å². The summed E-state index contributed by atoms with van der Waals surface area (Å²) in [7, 11) is -1.54. The van der Waals surface area contributed by atoms with E-state index in [0.717, 1.165) is 53.3 Å². The molecule has 1 aliphatic rings. The van der Waals surface area contributed by atoms with Gasteiger partial charge in [0.25, 0.3) is 5.91 Å². The normalized spacial score (nSPS) is 15.8. The molecule has 0 atom stereocenters. The Hall–Kier alpha value is -1.93. The Kier molecular flexibility index (Phi) is 6.18. The van der Waals surface area contributed by atoms with E-state index in [2.05, 4.69) is 15.4 Å². The monoisotopic (exact) mass is 366 g/mol. The van der Waals surface area contributed by atoms with Crippen LogP contribution in [0.25, 0.3) is 0 Å². The molecule has 1 amide bonds. The van der Waals surface area contributed by atoms with Gasteiger partial charge in [-0.25, -0.2) is 13.8 Å². The SMILES string of the molecule is Cc1cccc(N(CC(=O)NN=C2CCN(C)CC2)S(C)(=O)=O)c1C. The smallest absolute Gasteiger partial charge is 0.260 e. The van der Waals surface area contributed by atoms with Crippen molar-refractivity contribution < 1.29 is 13.2 Å². The predicted molar refractivity (Wildman–Crippen MR) is 100 cm³/mol. The molecule has 1 aromatic rings. The number of rotatable bonds is 5. The predicted octanol–water partition coefficient (Wildman–Crippen LogP) is 1.27. The molecule has 1 aromatic carbocycles. The summed E-state index contributed by atoms with van der Waals surface area (Å²) in [6.07, 6.45) is 2.72. The van der Waals surface area contributed by atoms with E-state index < -0.39 is 15.9 Å². The van der Waals surface area contributed by atoms with Crippen LogP contribution in [0, 0.1) is 13.8 Å². The average molecular weight is 366 g/mol. The standard InChI is InChI=1S/C17H26N4O3S/c1-13-6-5-7-16(14(13)2)21(25(4,23)24)12-17(22)19-18-15-8-10-20(3)11-9-15/h5-7H,8-12H2,1-4H3,(H,19,22). The van der Waals surface area contributed by atoms with Gasteiger partial charge in [0.1, 0.15) is 6.54 Å². The number of benzene rings is 1. The highest BCUT2D eigenvalue weighted by atomic mass is 32.2. The molecule has 0 spiro atoms. The lowest BCUT2D eigenvalue weighted by atomic mass is 10.1. The van der Waals surface area contributed by atoms with Gasteiger partial charge >= 0.3 is 0 Å². The Morgan fingerprint density at radius 1 is 1.28 bits per heavy atom. The quantitative estimate of drug-likeness (QED) is 0.796. The highest BCUT2D eigenvalue weighted by Gasteiger charge is 2.23. The number of nitrogens with zero attached hydrogens (tertiary/aromatic N) is 3. The van der Waals surface area contributed by atoms with Crippen molar-refractivity contribution in [3.63, 3.8) is 0 Å². The summed E-state index contributed by atoms with van der Waals surface area (Å²) in [4.78, 5) is 14.4. The summed E-state index contributed by atoms with van der Waals surface area (Å²) < 4.78 is 25.5. The fourth-order valence-electron chi connectivity index (χ4n) is 2.68.